The molecule has 2 aromatic rings. The number of carbonyl (C=O) groups is 1. The summed E-state index contributed by atoms with van der Waals surface area (Å²) in [5, 5.41) is 2.69. The molecule has 0 aliphatic carbocycles. The molecule has 2 aromatic heterocycles. The topological polar surface area (TPSA) is 75.5 Å². The van der Waals surface area contributed by atoms with E-state index in [1.165, 1.54) is 11.3 Å². The molecule has 7 nitrogen and oxygen atoms in total. The average Bonchev–Trinajstić information content (AvgIpc) is 3.35. The van der Waals surface area contributed by atoms with E-state index in [2.05, 4.69) is 11.9 Å². The minimum Gasteiger partial charge on any atom is -0.341 e. The van der Waals surface area contributed by atoms with Crippen molar-refractivity contribution in [1.82, 2.24) is 18.8 Å². The van der Waals surface area contributed by atoms with Gasteiger partial charge in [0.25, 0.3) is 0 Å². The third-order valence-electron chi connectivity index (χ3n) is 5.98. The van der Waals surface area contributed by atoms with Crippen molar-refractivity contribution in [2.75, 3.05) is 26.2 Å². The summed E-state index contributed by atoms with van der Waals surface area (Å²) in [5.41, 5.74) is 1.58. The van der Waals surface area contributed by atoms with Crippen molar-refractivity contribution in [2.45, 2.75) is 57.4 Å². The fraction of sp³-hybridized carbons (Fsp3) is 0.619. The van der Waals surface area contributed by atoms with E-state index in [-0.39, 0.29) is 17.3 Å². The third kappa shape index (κ3) is 4.48. The number of likely N-dealkylation sites (tertiary alicyclic amines) is 1. The van der Waals surface area contributed by atoms with Crippen molar-refractivity contribution in [3.63, 3.8) is 0 Å². The molecule has 4 heterocycles. The maximum Gasteiger partial charge on any atom is 0.244 e. The number of amides is 1. The van der Waals surface area contributed by atoms with E-state index in [1.807, 2.05) is 17.2 Å². The first-order chi connectivity index (χ1) is 14.3. The van der Waals surface area contributed by atoms with Gasteiger partial charge in [0.15, 0.2) is 0 Å². The van der Waals surface area contributed by atoms with Crippen LogP contribution in [0.3, 0.4) is 0 Å². The van der Waals surface area contributed by atoms with E-state index in [4.69, 9.17) is 0 Å². The summed E-state index contributed by atoms with van der Waals surface area (Å²) < 4.78 is 30.0. The van der Waals surface area contributed by atoms with E-state index in [1.54, 1.807) is 21.1 Å². The Bertz CT molecular complexity index is 1010. The van der Waals surface area contributed by atoms with Crippen LogP contribution in [-0.4, -0.2) is 59.3 Å². The fourth-order valence-electron chi connectivity index (χ4n) is 4.31. The molecule has 0 radical (unpaired) electrons. The van der Waals surface area contributed by atoms with Crippen molar-refractivity contribution >= 4 is 27.3 Å². The lowest BCUT2D eigenvalue weighted by molar-refractivity contribution is -0.132. The monoisotopic (exact) mass is 450 g/mol. The van der Waals surface area contributed by atoms with Crippen LogP contribution in [0.4, 0.5) is 0 Å². The highest BCUT2D eigenvalue weighted by atomic mass is 32.2. The molecule has 0 N–H and O–H groups in total. The van der Waals surface area contributed by atoms with Crippen molar-refractivity contribution in [3.05, 3.63) is 23.3 Å². The summed E-state index contributed by atoms with van der Waals surface area (Å²) in [6, 6.07) is 1.69. The van der Waals surface area contributed by atoms with Gasteiger partial charge < -0.3 is 9.47 Å². The zero-order valence-corrected chi connectivity index (χ0v) is 19.3. The van der Waals surface area contributed by atoms with Crippen LogP contribution in [0.25, 0.3) is 10.7 Å². The van der Waals surface area contributed by atoms with Crippen LogP contribution in [0.15, 0.2) is 22.5 Å². The van der Waals surface area contributed by atoms with Crippen molar-refractivity contribution in [2.24, 2.45) is 5.92 Å². The van der Waals surface area contributed by atoms with Gasteiger partial charge in [-0.1, -0.05) is 6.92 Å². The number of aryl methyl sites for hydroxylation is 1. The summed E-state index contributed by atoms with van der Waals surface area (Å²) in [4.78, 5) is 19.6. The molecule has 2 aliphatic heterocycles. The van der Waals surface area contributed by atoms with Gasteiger partial charge in [0.2, 0.25) is 15.9 Å². The van der Waals surface area contributed by atoms with Crippen LogP contribution in [0.2, 0.25) is 0 Å². The van der Waals surface area contributed by atoms with Crippen molar-refractivity contribution < 1.29 is 13.2 Å². The van der Waals surface area contributed by atoms with Crippen molar-refractivity contribution in [1.29, 1.82) is 0 Å². The number of thiazole rings is 1. The zero-order valence-electron chi connectivity index (χ0n) is 17.7. The Labute approximate surface area is 182 Å². The number of piperidine rings is 2. The Morgan fingerprint density at radius 1 is 1.20 bits per heavy atom. The maximum atomic E-state index is 13.3. The molecule has 2 fully saturated rings. The highest BCUT2D eigenvalue weighted by Crippen LogP contribution is 2.31. The van der Waals surface area contributed by atoms with E-state index in [9.17, 15) is 13.2 Å². The van der Waals surface area contributed by atoms with E-state index >= 15 is 0 Å². The van der Waals surface area contributed by atoms with Crippen LogP contribution in [0, 0.1) is 12.8 Å². The number of rotatable bonds is 5. The minimum atomic E-state index is -3.59. The van der Waals surface area contributed by atoms with Crippen LogP contribution in [-0.2, 0) is 21.4 Å². The molecule has 164 valence electrons. The summed E-state index contributed by atoms with van der Waals surface area (Å²) in [5.74, 6) is 0.396. The van der Waals surface area contributed by atoms with Crippen LogP contribution in [0.1, 0.15) is 44.7 Å². The molecule has 9 heteroatoms. The van der Waals surface area contributed by atoms with Gasteiger partial charge in [-0.25, -0.2) is 13.4 Å². The SMILES string of the molecule is Cc1csc(-c2cc(S(=O)(=O)N3CCC[C@@H](C)C3)cn2CC(=O)N2CCCCC2)n1. The Balaban J connectivity index is 1.66. The number of carbonyl (C=O) groups excluding carboxylic acids is 1. The second-order valence-corrected chi connectivity index (χ2v) is 11.3. The van der Waals surface area contributed by atoms with Gasteiger partial charge in [0, 0.05) is 43.4 Å². The number of sulfonamides is 1. The van der Waals surface area contributed by atoms with Gasteiger partial charge in [-0.15, -0.1) is 11.3 Å². The first-order valence-corrected chi connectivity index (χ1v) is 13.1. The normalized spacial score (nSPS) is 21.1. The predicted molar refractivity (Wildman–Crippen MR) is 118 cm³/mol. The molecule has 0 unspecified atom stereocenters. The highest BCUT2D eigenvalue weighted by Gasteiger charge is 2.31. The molecular weight excluding hydrogens is 420 g/mol. The lowest BCUT2D eigenvalue weighted by Crippen LogP contribution is -2.39. The molecule has 30 heavy (non-hydrogen) atoms. The molecule has 2 saturated heterocycles. The first-order valence-electron chi connectivity index (χ1n) is 10.7. The Kier molecular flexibility index (Phi) is 6.31. The Morgan fingerprint density at radius 3 is 2.63 bits per heavy atom. The van der Waals surface area contributed by atoms with Gasteiger partial charge in [-0.3, -0.25) is 4.79 Å². The lowest BCUT2D eigenvalue weighted by atomic mass is 10.0. The standard InChI is InChI=1S/C21H30N4O3S2/c1-16-7-6-10-25(12-16)30(27,28)18-11-19(21-22-17(2)15-29-21)24(13-18)14-20(26)23-8-4-3-5-9-23/h11,13,15-16H,3-10,12,14H2,1-2H3/t16-/m1/s1. The van der Waals surface area contributed by atoms with Gasteiger partial charge >= 0.3 is 0 Å². The van der Waals surface area contributed by atoms with Crippen LogP contribution >= 0.6 is 11.3 Å². The van der Waals surface area contributed by atoms with E-state index in [0.29, 0.717) is 24.7 Å². The van der Waals surface area contributed by atoms with Crippen molar-refractivity contribution in [3.8, 4) is 10.7 Å². The average molecular weight is 451 g/mol. The molecule has 1 amide bonds. The molecule has 0 aromatic carbocycles. The Morgan fingerprint density at radius 2 is 1.97 bits per heavy atom. The molecule has 0 spiro atoms. The van der Waals surface area contributed by atoms with Crippen LogP contribution in [0.5, 0.6) is 0 Å². The number of hydrogen-bond donors (Lipinski definition) is 0. The second-order valence-electron chi connectivity index (χ2n) is 8.53. The predicted octanol–water partition coefficient (Wildman–Crippen LogP) is 3.35. The molecule has 4 rings (SSSR count). The number of nitrogens with zero attached hydrogens (tertiary/aromatic N) is 4. The molecule has 1 atom stereocenters. The van der Waals surface area contributed by atoms with Crippen LogP contribution < -0.4 is 0 Å². The molecular formula is C21H30N4O3S2. The third-order valence-corrected chi connectivity index (χ3v) is 8.79. The highest BCUT2D eigenvalue weighted by molar-refractivity contribution is 7.89. The summed E-state index contributed by atoms with van der Waals surface area (Å²) in [6.45, 7) is 6.81. The Hall–Kier alpha value is -1.71. The summed E-state index contributed by atoms with van der Waals surface area (Å²) >= 11 is 1.47. The van der Waals surface area contributed by atoms with Gasteiger partial charge in [0.05, 0.1) is 5.69 Å². The summed E-state index contributed by atoms with van der Waals surface area (Å²) in [6.07, 6.45) is 6.79. The largest absolute Gasteiger partial charge is 0.341 e. The van der Waals surface area contributed by atoms with Gasteiger partial charge in [0.1, 0.15) is 16.4 Å². The van der Waals surface area contributed by atoms with E-state index < -0.39 is 10.0 Å². The summed E-state index contributed by atoms with van der Waals surface area (Å²) in [7, 11) is -3.59. The second kappa shape index (κ2) is 8.80. The maximum absolute atomic E-state index is 13.3. The number of aromatic nitrogens is 2. The molecule has 0 bridgehead atoms. The number of hydrogen-bond acceptors (Lipinski definition) is 5. The smallest absolute Gasteiger partial charge is 0.244 e. The lowest BCUT2D eigenvalue weighted by Gasteiger charge is -2.29. The first kappa shape index (κ1) is 21.5. The minimum absolute atomic E-state index is 0.0374. The molecule has 2 aliphatic rings. The quantitative estimate of drug-likeness (QED) is 0.700. The van der Waals surface area contributed by atoms with E-state index in [0.717, 1.165) is 55.9 Å². The van der Waals surface area contributed by atoms with Gasteiger partial charge in [-0.2, -0.15) is 4.31 Å². The van der Waals surface area contributed by atoms with Gasteiger partial charge in [-0.05, 0) is 51.0 Å². The molecule has 0 saturated carbocycles. The zero-order chi connectivity index (χ0) is 21.3. The fourth-order valence-corrected chi connectivity index (χ4v) is 6.78.